The van der Waals surface area contributed by atoms with Gasteiger partial charge in [0.25, 0.3) is 26.1 Å². The lowest BCUT2D eigenvalue weighted by Gasteiger charge is -2.09. The van der Waals surface area contributed by atoms with Gasteiger partial charge in [0.05, 0.1) is 33.3 Å². The van der Waals surface area contributed by atoms with Crippen LogP contribution in [0.4, 0.5) is 45.5 Å². The number of anilines is 2. The van der Waals surface area contributed by atoms with Crippen LogP contribution in [0.1, 0.15) is 21.5 Å². The van der Waals surface area contributed by atoms with E-state index in [1.54, 1.807) is 61.5 Å². The van der Waals surface area contributed by atoms with Crippen LogP contribution in [0.3, 0.4) is 0 Å². The van der Waals surface area contributed by atoms with Crippen LogP contribution in [0.25, 0.3) is 10.8 Å². The molecule has 278 valence electrons. The van der Waals surface area contributed by atoms with Gasteiger partial charge in [0.2, 0.25) is 0 Å². The molecular weight excluding hydrogens is 749 g/mol. The molecule has 0 aliphatic carbocycles. The second-order valence-corrected chi connectivity index (χ2v) is 14.9. The third-order valence-corrected chi connectivity index (χ3v) is 9.80. The molecule has 1 amide bonds. The molecule has 6 N–H and O–H groups in total. The monoisotopic (exact) mass is 778 g/mol. The summed E-state index contributed by atoms with van der Waals surface area (Å²) in [5, 5.41) is 38.8. The van der Waals surface area contributed by atoms with Gasteiger partial charge in [0.1, 0.15) is 10.6 Å². The third kappa shape index (κ3) is 9.08. The van der Waals surface area contributed by atoms with E-state index < -0.39 is 41.5 Å². The fourth-order valence-corrected chi connectivity index (χ4v) is 6.37. The van der Waals surface area contributed by atoms with E-state index in [0.717, 1.165) is 23.8 Å². The average Bonchev–Trinajstić information content (AvgIpc) is 3.13. The first-order valence-corrected chi connectivity index (χ1v) is 18.9. The normalized spacial score (nSPS) is 12.3. The molecule has 6 rings (SSSR count). The molecule has 18 heteroatoms. The SMILES string of the molecule is Cc1cc(N)ccc1N=Nc1ccc(C(=O)Nc2ccc(N=Nc3ccc4c(O)c(N=Nc5ccc(S(=O)(=O)O)cc5)c(S(=O)(=O)O)cc4c3)c(C)c2)cc1. The lowest BCUT2D eigenvalue weighted by molar-refractivity contribution is 0.102. The highest BCUT2D eigenvalue weighted by Gasteiger charge is 2.22. The predicted molar refractivity (Wildman–Crippen MR) is 205 cm³/mol. The van der Waals surface area contributed by atoms with Gasteiger partial charge in [-0.15, -0.1) is 5.11 Å². The van der Waals surface area contributed by atoms with Crippen molar-refractivity contribution < 1.29 is 35.8 Å². The first kappa shape index (κ1) is 38.0. The fraction of sp³-hybridized carbons (Fsp3) is 0.0541. The zero-order valence-corrected chi connectivity index (χ0v) is 30.5. The molecule has 0 saturated carbocycles. The van der Waals surface area contributed by atoms with Gasteiger partial charge in [-0.2, -0.15) is 42.4 Å². The Kier molecular flexibility index (Phi) is 10.6. The van der Waals surface area contributed by atoms with Crippen LogP contribution in [0, 0.1) is 13.8 Å². The predicted octanol–water partition coefficient (Wildman–Crippen LogP) is 9.74. The van der Waals surface area contributed by atoms with Crippen LogP contribution in [0.5, 0.6) is 5.75 Å². The smallest absolute Gasteiger partial charge is 0.296 e. The maximum absolute atomic E-state index is 12.9. The number of nitrogens with zero attached hydrogens (tertiary/aromatic N) is 6. The van der Waals surface area contributed by atoms with Gasteiger partial charge in [-0.05, 0) is 140 Å². The van der Waals surface area contributed by atoms with Gasteiger partial charge in [-0.3, -0.25) is 13.9 Å². The third-order valence-electron chi connectivity index (χ3n) is 8.06. The number of rotatable bonds is 10. The molecule has 0 radical (unpaired) electrons. The molecular formula is C37H30N8O8S2. The number of carbonyl (C=O) groups is 1. The van der Waals surface area contributed by atoms with Crippen LogP contribution in [0.2, 0.25) is 0 Å². The quantitative estimate of drug-likeness (QED) is 0.0503. The molecule has 0 bridgehead atoms. The minimum atomic E-state index is -4.92. The maximum Gasteiger partial charge on any atom is 0.296 e. The fourth-order valence-electron chi connectivity index (χ4n) is 5.23. The number of nitrogen functional groups attached to an aromatic ring is 1. The number of fused-ring (bicyclic) bond motifs is 1. The van der Waals surface area contributed by atoms with Gasteiger partial charge in [-0.1, -0.05) is 0 Å². The summed E-state index contributed by atoms with van der Waals surface area (Å²) in [4.78, 5) is 11.8. The van der Waals surface area contributed by atoms with E-state index in [1.807, 2.05) is 13.0 Å². The van der Waals surface area contributed by atoms with Gasteiger partial charge in [0.15, 0.2) is 5.75 Å². The van der Waals surface area contributed by atoms with Crippen molar-refractivity contribution in [3.63, 3.8) is 0 Å². The van der Waals surface area contributed by atoms with Crippen LogP contribution >= 0.6 is 0 Å². The summed E-state index contributed by atoms with van der Waals surface area (Å²) in [6.45, 7) is 3.67. The van der Waals surface area contributed by atoms with Gasteiger partial charge in [0, 0.05) is 22.3 Å². The summed E-state index contributed by atoms with van der Waals surface area (Å²) >= 11 is 0. The minimum Gasteiger partial charge on any atom is -0.505 e. The summed E-state index contributed by atoms with van der Waals surface area (Å²) < 4.78 is 66.2. The van der Waals surface area contributed by atoms with E-state index in [4.69, 9.17) is 10.3 Å². The molecule has 0 aliphatic rings. The molecule has 16 nitrogen and oxygen atoms in total. The lowest BCUT2D eigenvalue weighted by atomic mass is 10.1. The average molecular weight is 779 g/mol. The molecule has 0 fully saturated rings. The van der Waals surface area contributed by atoms with Crippen molar-refractivity contribution in [2.24, 2.45) is 30.7 Å². The summed E-state index contributed by atoms with van der Waals surface area (Å²) in [7, 11) is -9.37. The molecule has 0 atom stereocenters. The summed E-state index contributed by atoms with van der Waals surface area (Å²) in [6.07, 6.45) is 0. The Morgan fingerprint density at radius 1 is 0.618 bits per heavy atom. The molecule has 6 aromatic rings. The number of azo groups is 3. The van der Waals surface area contributed by atoms with Crippen molar-refractivity contribution in [2.75, 3.05) is 11.1 Å². The number of phenols is 1. The number of hydrogen-bond donors (Lipinski definition) is 5. The zero-order valence-electron chi connectivity index (χ0n) is 28.9. The first-order chi connectivity index (χ1) is 26.0. The van der Waals surface area contributed by atoms with Crippen LogP contribution < -0.4 is 11.1 Å². The van der Waals surface area contributed by atoms with Gasteiger partial charge in [-0.25, -0.2) is 0 Å². The van der Waals surface area contributed by atoms with Crippen molar-refractivity contribution in [2.45, 2.75) is 23.6 Å². The molecule has 0 aromatic heterocycles. The minimum absolute atomic E-state index is 0.0607. The standard InChI is InChI=1S/C37H30N8O8S2/c1-21-17-25(38)5-15-32(21)43-40-26-6-3-23(4-7-26)37(47)39-28-11-16-33(22(2)18-28)44-42-29-10-14-31-24(19-29)20-34(55(51,52)53)35(36(31)46)45-41-27-8-12-30(13-9-27)54(48,49)50/h3-20,46H,38H2,1-2H3,(H,39,47)(H,48,49,50)(H,51,52,53). The number of hydrogen-bond acceptors (Lipinski definition) is 13. The summed E-state index contributed by atoms with van der Waals surface area (Å²) in [6, 6.07) is 27.0. The molecule has 0 unspecified atom stereocenters. The van der Waals surface area contributed by atoms with Crippen molar-refractivity contribution in [1.82, 2.24) is 0 Å². The Bertz CT molecular complexity index is 2790. The van der Waals surface area contributed by atoms with E-state index in [2.05, 4.69) is 36.0 Å². The zero-order chi connectivity index (χ0) is 39.5. The van der Waals surface area contributed by atoms with E-state index in [0.29, 0.717) is 39.6 Å². The van der Waals surface area contributed by atoms with E-state index >= 15 is 0 Å². The molecule has 6 aromatic carbocycles. The topological polar surface area (TPSA) is 258 Å². The molecule has 0 aliphatic heterocycles. The number of carbonyl (C=O) groups excluding carboxylic acids is 1. The van der Waals surface area contributed by atoms with Gasteiger partial charge < -0.3 is 16.2 Å². The van der Waals surface area contributed by atoms with Crippen molar-refractivity contribution in [1.29, 1.82) is 0 Å². The Morgan fingerprint density at radius 2 is 1.18 bits per heavy atom. The largest absolute Gasteiger partial charge is 0.505 e. The number of nitrogens with two attached hydrogens (primary N) is 1. The van der Waals surface area contributed by atoms with Crippen LogP contribution in [0.15, 0.2) is 150 Å². The number of phenolic OH excluding ortho intramolecular Hbond substituents is 1. The number of nitrogens with one attached hydrogen (secondary N) is 1. The first-order valence-electron chi connectivity index (χ1n) is 16.0. The molecule has 0 saturated heterocycles. The number of aryl methyl sites for hydroxylation is 2. The van der Waals surface area contributed by atoms with E-state index in [1.165, 1.54) is 30.3 Å². The van der Waals surface area contributed by atoms with Crippen LogP contribution in [-0.4, -0.2) is 37.0 Å². The Labute approximate surface area is 314 Å². The second-order valence-electron chi connectivity index (χ2n) is 12.1. The van der Waals surface area contributed by atoms with Crippen molar-refractivity contribution >= 4 is 82.4 Å². The number of amides is 1. The van der Waals surface area contributed by atoms with Crippen molar-refractivity contribution in [3.05, 3.63) is 126 Å². The summed E-state index contributed by atoms with van der Waals surface area (Å²) in [5.74, 6) is -0.944. The highest BCUT2D eigenvalue weighted by Crippen LogP contribution is 2.42. The highest BCUT2D eigenvalue weighted by molar-refractivity contribution is 7.86. The Hall–Kier alpha value is -6.73. The van der Waals surface area contributed by atoms with Crippen LogP contribution in [-0.2, 0) is 20.2 Å². The molecule has 0 spiro atoms. The number of aromatic hydroxyl groups is 1. The maximum atomic E-state index is 12.9. The van der Waals surface area contributed by atoms with E-state index in [9.17, 15) is 31.3 Å². The molecule has 55 heavy (non-hydrogen) atoms. The second kappa shape index (κ2) is 15.3. The summed E-state index contributed by atoms with van der Waals surface area (Å²) in [5.41, 5.74) is 10.4. The highest BCUT2D eigenvalue weighted by atomic mass is 32.2. The Morgan fingerprint density at radius 3 is 1.78 bits per heavy atom. The van der Waals surface area contributed by atoms with E-state index in [-0.39, 0.29) is 28.1 Å². The van der Waals surface area contributed by atoms with Crippen molar-refractivity contribution in [3.8, 4) is 5.75 Å². The lowest BCUT2D eigenvalue weighted by Crippen LogP contribution is -2.11. The Balaban J connectivity index is 1.16. The molecule has 0 heterocycles. The number of benzene rings is 6. The van der Waals surface area contributed by atoms with Gasteiger partial charge >= 0.3 is 0 Å².